The standard InChI is InChI=1S/C12H14N2O2S/c1-9-12(3-5-16-9)17(15)8-10-2-4-14-11(6-10)7-13/h2,4,6,9,12H,3,5,8H2,1H3. The number of rotatable bonds is 3. The number of nitriles is 1. The number of pyridine rings is 1. The van der Waals surface area contributed by atoms with Crippen LogP contribution >= 0.6 is 0 Å². The molecule has 0 radical (unpaired) electrons. The molecular weight excluding hydrogens is 236 g/mol. The molecule has 0 aliphatic carbocycles. The van der Waals surface area contributed by atoms with E-state index in [1.54, 1.807) is 18.3 Å². The molecule has 0 aromatic carbocycles. The van der Waals surface area contributed by atoms with E-state index in [4.69, 9.17) is 10.00 Å². The highest BCUT2D eigenvalue weighted by Gasteiger charge is 2.29. The molecule has 0 spiro atoms. The van der Waals surface area contributed by atoms with Crippen molar-refractivity contribution in [3.8, 4) is 6.07 Å². The molecule has 1 saturated heterocycles. The maximum atomic E-state index is 12.2. The summed E-state index contributed by atoms with van der Waals surface area (Å²) in [7, 11) is -0.949. The van der Waals surface area contributed by atoms with E-state index in [-0.39, 0.29) is 11.4 Å². The fraction of sp³-hybridized carbons (Fsp3) is 0.500. The van der Waals surface area contributed by atoms with E-state index in [1.165, 1.54) is 0 Å². The van der Waals surface area contributed by atoms with Gasteiger partial charge in [-0.05, 0) is 31.0 Å². The van der Waals surface area contributed by atoms with Crippen LogP contribution in [0.2, 0.25) is 0 Å². The van der Waals surface area contributed by atoms with Crippen molar-refractivity contribution in [1.29, 1.82) is 5.26 Å². The summed E-state index contributed by atoms with van der Waals surface area (Å²) in [6.45, 7) is 2.65. The van der Waals surface area contributed by atoms with Gasteiger partial charge in [-0.15, -0.1) is 0 Å². The molecule has 1 aliphatic rings. The van der Waals surface area contributed by atoms with Gasteiger partial charge in [-0.3, -0.25) is 4.21 Å². The molecular formula is C12H14N2O2S. The van der Waals surface area contributed by atoms with Crippen molar-refractivity contribution in [3.63, 3.8) is 0 Å². The summed E-state index contributed by atoms with van der Waals surface area (Å²) in [5, 5.41) is 8.85. The second kappa shape index (κ2) is 5.39. The van der Waals surface area contributed by atoms with E-state index in [1.807, 2.05) is 13.0 Å². The fourth-order valence-electron chi connectivity index (χ4n) is 1.95. The van der Waals surface area contributed by atoms with Crippen LogP contribution in [-0.2, 0) is 21.3 Å². The molecule has 1 fully saturated rings. The van der Waals surface area contributed by atoms with E-state index in [9.17, 15) is 4.21 Å². The lowest BCUT2D eigenvalue weighted by atomic mass is 10.2. The summed E-state index contributed by atoms with van der Waals surface area (Å²) < 4.78 is 17.6. The smallest absolute Gasteiger partial charge is 0.140 e. The van der Waals surface area contributed by atoms with Crippen molar-refractivity contribution in [2.24, 2.45) is 0 Å². The quantitative estimate of drug-likeness (QED) is 0.813. The van der Waals surface area contributed by atoms with Crippen LogP contribution in [0, 0.1) is 11.3 Å². The third-order valence-corrected chi connectivity index (χ3v) is 4.80. The molecule has 0 saturated carbocycles. The Morgan fingerprint density at radius 3 is 3.18 bits per heavy atom. The van der Waals surface area contributed by atoms with Gasteiger partial charge in [0, 0.05) is 29.4 Å². The molecule has 4 nitrogen and oxygen atoms in total. The van der Waals surface area contributed by atoms with Gasteiger partial charge in [0.15, 0.2) is 0 Å². The minimum Gasteiger partial charge on any atom is -0.377 e. The minimum atomic E-state index is -0.949. The summed E-state index contributed by atoms with van der Waals surface area (Å²) in [5.41, 5.74) is 1.27. The Morgan fingerprint density at radius 1 is 1.71 bits per heavy atom. The molecule has 2 heterocycles. The first-order chi connectivity index (χ1) is 8.20. The Kier molecular flexibility index (Phi) is 3.87. The highest BCUT2D eigenvalue weighted by molar-refractivity contribution is 7.84. The first-order valence-corrected chi connectivity index (χ1v) is 6.92. The van der Waals surface area contributed by atoms with Crippen LogP contribution in [0.25, 0.3) is 0 Å². The predicted molar refractivity (Wildman–Crippen MR) is 64.6 cm³/mol. The largest absolute Gasteiger partial charge is 0.377 e. The predicted octanol–water partition coefficient (Wildman–Crippen LogP) is 1.38. The highest BCUT2D eigenvalue weighted by Crippen LogP contribution is 2.21. The van der Waals surface area contributed by atoms with Crippen molar-refractivity contribution < 1.29 is 8.95 Å². The SMILES string of the molecule is CC1OCCC1S(=O)Cc1ccnc(C#N)c1. The van der Waals surface area contributed by atoms with E-state index in [0.29, 0.717) is 18.1 Å². The number of aromatic nitrogens is 1. The number of nitrogens with zero attached hydrogens (tertiary/aromatic N) is 2. The molecule has 5 heteroatoms. The molecule has 1 aromatic rings. The monoisotopic (exact) mass is 250 g/mol. The highest BCUT2D eigenvalue weighted by atomic mass is 32.2. The molecule has 1 aromatic heterocycles. The minimum absolute atomic E-state index is 0.0631. The lowest BCUT2D eigenvalue weighted by Crippen LogP contribution is -2.24. The third-order valence-electron chi connectivity index (χ3n) is 2.89. The second-order valence-corrected chi connectivity index (χ2v) is 5.74. The van der Waals surface area contributed by atoms with Crippen molar-refractivity contribution >= 4 is 10.8 Å². The van der Waals surface area contributed by atoms with Gasteiger partial charge in [0.2, 0.25) is 0 Å². The first-order valence-electron chi connectivity index (χ1n) is 5.54. The molecule has 1 aliphatic heterocycles. The van der Waals surface area contributed by atoms with Gasteiger partial charge < -0.3 is 4.74 Å². The number of hydrogen-bond acceptors (Lipinski definition) is 4. The van der Waals surface area contributed by atoms with Gasteiger partial charge in [0.05, 0.1) is 11.4 Å². The Bertz CT molecular complexity index is 470. The Balaban J connectivity index is 2.05. The van der Waals surface area contributed by atoms with Crippen LogP contribution in [0.1, 0.15) is 24.6 Å². The molecule has 3 unspecified atom stereocenters. The van der Waals surface area contributed by atoms with Crippen molar-refractivity contribution in [3.05, 3.63) is 29.6 Å². The normalized spacial score (nSPS) is 25.4. The van der Waals surface area contributed by atoms with Crippen LogP contribution < -0.4 is 0 Å². The summed E-state index contributed by atoms with van der Waals surface area (Å²) in [4.78, 5) is 3.89. The fourth-order valence-corrected chi connectivity index (χ4v) is 3.54. The molecule has 0 bridgehead atoms. The zero-order chi connectivity index (χ0) is 12.3. The average molecular weight is 250 g/mol. The molecule has 90 valence electrons. The van der Waals surface area contributed by atoms with E-state index >= 15 is 0 Å². The maximum absolute atomic E-state index is 12.2. The average Bonchev–Trinajstić information content (AvgIpc) is 2.76. The molecule has 0 amide bonds. The Hall–Kier alpha value is -1.25. The van der Waals surface area contributed by atoms with Gasteiger partial charge in [-0.1, -0.05) is 0 Å². The lowest BCUT2D eigenvalue weighted by Gasteiger charge is -2.13. The van der Waals surface area contributed by atoms with Crippen molar-refractivity contribution in [2.45, 2.75) is 30.5 Å². The van der Waals surface area contributed by atoms with Gasteiger partial charge in [-0.25, -0.2) is 4.98 Å². The Morgan fingerprint density at radius 2 is 2.53 bits per heavy atom. The van der Waals surface area contributed by atoms with Crippen LogP contribution in [-0.4, -0.2) is 27.2 Å². The lowest BCUT2D eigenvalue weighted by molar-refractivity contribution is 0.127. The molecule has 3 atom stereocenters. The van der Waals surface area contributed by atoms with E-state index < -0.39 is 10.8 Å². The number of ether oxygens (including phenoxy) is 1. The second-order valence-electron chi connectivity index (χ2n) is 4.09. The van der Waals surface area contributed by atoms with Gasteiger partial charge in [0.1, 0.15) is 11.8 Å². The summed E-state index contributed by atoms with van der Waals surface area (Å²) >= 11 is 0. The zero-order valence-electron chi connectivity index (χ0n) is 9.63. The Labute approximate surface area is 103 Å². The van der Waals surface area contributed by atoms with Crippen LogP contribution in [0.15, 0.2) is 18.3 Å². The topological polar surface area (TPSA) is 63.0 Å². The van der Waals surface area contributed by atoms with Gasteiger partial charge >= 0.3 is 0 Å². The molecule has 0 N–H and O–H groups in total. The zero-order valence-corrected chi connectivity index (χ0v) is 10.4. The summed E-state index contributed by atoms with van der Waals surface area (Å²) in [5.74, 6) is 0.468. The molecule has 2 rings (SSSR count). The van der Waals surface area contributed by atoms with Crippen molar-refractivity contribution in [1.82, 2.24) is 4.98 Å². The molecule has 17 heavy (non-hydrogen) atoms. The van der Waals surface area contributed by atoms with E-state index in [0.717, 1.165) is 12.0 Å². The maximum Gasteiger partial charge on any atom is 0.140 e. The first kappa shape index (κ1) is 12.2. The number of hydrogen-bond donors (Lipinski definition) is 0. The van der Waals surface area contributed by atoms with Crippen molar-refractivity contribution in [2.75, 3.05) is 6.61 Å². The van der Waals surface area contributed by atoms with Gasteiger partial charge in [0.25, 0.3) is 0 Å². The van der Waals surface area contributed by atoms with Crippen LogP contribution in [0.5, 0.6) is 0 Å². The van der Waals surface area contributed by atoms with Gasteiger partial charge in [-0.2, -0.15) is 5.26 Å². The summed E-state index contributed by atoms with van der Waals surface area (Å²) in [6.07, 6.45) is 2.50. The summed E-state index contributed by atoms with van der Waals surface area (Å²) in [6, 6.07) is 5.48. The third kappa shape index (κ3) is 2.90. The van der Waals surface area contributed by atoms with Crippen LogP contribution in [0.3, 0.4) is 0 Å². The van der Waals surface area contributed by atoms with E-state index in [2.05, 4.69) is 4.98 Å². The van der Waals surface area contributed by atoms with Crippen LogP contribution in [0.4, 0.5) is 0 Å².